The number of rotatable bonds is 3. The fourth-order valence-electron chi connectivity index (χ4n) is 1.81. The Labute approximate surface area is 110 Å². The molecule has 0 bridgehead atoms. The second kappa shape index (κ2) is 5.11. The zero-order valence-electron chi connectivity index (χ0n) is 9.98. The van der Waals surface area contributed by atoms with E-state index >= 15 is 0 Å². The standard InChI is InChI=1S/C10H13N3O5S/c11-9-7-8(13(14)15)1-2-10(9)19(16,17)12-3-5-18-6-4-12/h1-2,7H,3-6,11H2. The van der Waals surface area contributed by atoms with Crippen molar-refractivity contribution in [1.29, 1.82) is 0 Å². The molecule has 2 rings (SSSR count). The summed E-state index contributed by atoms with van der Waals surface area (Å²) in [4.78, 5) is 9.85. The highest BCUT2D eigenvalue weighted by Gasteiger charge is 2.28. The lowest BCUT2D eigenvalue weighted by molar-refractivity contribution is -0.384. The monoisotopic (exact) mass is 287 g/mol. The first-order valence-electron chi connectivity index (χ1n) is 5.55. The van der Waals surface area contributed by atoms with Crippen LogP contribution in [0.5, 0.6) is 0 Å². The van der Waals surface area contributed by atoms with Crippen LogP contribution in [0.15, 0.2) is 23.1 Å². The van der Waals surface area contributed by atoms with Gasteiger partial charge in [0.25, 0.3) is 5.69 Å². The van der Waals surface area contributed by atoms with Crippen molar-refractivity contribution in [3.05, 3.63) is 28.3 Å². The van der Waals surface area contributed by atoms with Gasteiger partial charge < -0.3 is 10.5 Å². The Morgan fingerprint density at radius 1 is 1.32 bits per heavy atom. The van der Waals surface area contributed by atoms with E-state index in [1.807, 2.05) is 0 Å². The van der Waals surface area contributed by atoms with E-state index in [2.05, 4.69) is 0 Å². The van der Waals surface area contributed by atoms with E-state index < -0.39 is 14.9 Å². The van der Waals surface area contributed by atoms with Crippen molar-refractivity contribution in [2.75, 3.05) is 32.0 Å². The molecule has 2 N–H and O–H groups in total. The molecule has 104 valence electrons. The van der Waals surface area contributed by atoms with Crippen molar-refractivity contribution in [1.82, 2.24) is 4.31 Å². The lowest BCUT2D eigenvalue weighted by Gasteiger charge is -2.26. The quantitative estimate of drug-likeness (QED) is 0.482. The largest absolute Gasteiger partial charge is 0.397 e. The molecule has 0 saturated carbocycles. The number of non-ortho nitro benzene ring substituents is 1. The molecular weight excluding hydrogens is 274 g/mol. The number of sulfonamides is 1. The smallest absolute Gasteiger partial charge is 0.271 e. The second-order valence-electron chi connectivity index (χ2n) is 4.00. The minimum atomic E-state index is -3.73. The van der Waals surface area contributed by atoms with Crippen LogP contribution in [0.3, 0.4) is 0 Å². The van der Waals surface area contributed by atoms with Crippen LogP contribution in [-0.2, 0) is 14.8 Å². The van der Waals surface area contributed by atoms with Crippen LogP contribution in [0, 0.1) is 10.1 Å². The SMILES string of the molecule is Nc1cc([N+](=O)[O-])ccc1S(=O)(=O)N1CCOCC1. The van der Waals surface area contributed by atoms with Gasteiger partial charge in [-0.2, -0.15) is 4.31 Å². The maximum Gasteiger partial charge on any atom is 0.271 e. The topological polar surface area (TPSA) is 116 Å². The van der Waals surface area contributed by atoms with E-state index in [0.29, 0.717) is 13.2 Å². The number of benzene rings is 1. The molecule has 1 aliphatic rings. The molecule has 1 saturated heterocycles. The maximum atomic E-state index is 12.3. The molecule has 1 aromatic rings. The molecular formula is C10H13N3O5S. The second-order valence-corrected chi connectivity index (χ2v) is 5.90. The molecule has 8 nitrogen and oxygen atoms in total. The van der Waals surface area contributed by atoms with E-state index in [0.717, 1.165) is 18.2 Å². The van der Waals surface area contributed by atoms with Crippen LogP contribution in [0.1, 0.15) is 0 Å². The number of hydrogen-bond acceptors (Lipinski definition) is 6. The molecule has 9 heteroatoms. The zero-order chi connectivity index (χ0) is 14.0. The molecule has 19 heavy (non-hydrogen) atoms. The summed E-state index contributed by atoms with van der Waals surface area (Å²) in [7, 11) is -3.73. The Balaban J connectivity index is 2.37. The van der Waals surface area contributed by atoms with Crippen LogP contribution in [0.2, 0.25) is 0 Å². The Morgan fingerprint density at radius 2 is 1.95 bits per heavy atom. The number of anilines is 1. The minimum absolute atomic E-state index is 0.111. The average molecular weight is 287 g/mol. The number of nitrogens with zero attached hydrogens (tertiary/aromatic N) is 2. The van der Waals surface area contributed by atoms with Gasteiger partial charge in [-0.25, -0.2) is 8.42 Å². The number of nitrogens with two attached hydrogens (primary N) is 1. The summed E-state index contributed by atoms with van der Waals surface area (Å²) in [6, 6.07) is 3.34. The van der Waals surface area contributed by atoms with Gasteiger partial charge in [0.15, 0.2) is 0 Å². The van der Waals surface area contributed by atoms with Gasteiger partial charge in [0, 0.05) is 25.2 Å². The first-order chi connectivity index (χ1) is 8.93. The van der Waals surface area contributed by atoms with Gasteiger partial charge in [-0.15, -0.1) is 0 Å². The number of ether oxygens (including phenoxy) is 1. The minimum Gasteiger partial charge on any atom is -0.397 e. The first kappa shape index (κ1) is 13.7. The van der Waals surface area contributed by atoms with Gasteiger partial charge in [-0.05, 0) is 6.07 Å². The predicted octanol–water partition coefficient (Wildman–Crippen LogP) is 0.198. The summed E-state index contributed by atoms with van der Waals surface area (Å²) in [6.45, 7) is 1.15. The van der Waals surface area contributed by atoms with Crippen LogP contribution in [0.25, 0.3) is 0 Å². The molecule has 0 atom stereocenters. The van der Waals surface area contributed by atoms with E-state index in [9.17, 15) is 18.5 Å². The first-order valence-corrected chi connectivity index (χ1v) is 6.99. The summed E-state index contributed by atoms with van der Waals surface area (Å²) < 4.78 is 31.0. The Kier molecular flexibility index (Phi) is 3.69. The van der Waals surface area contributed by atoms with Crippen molar-refractivity contribution in [2.45, 2.75) is 4.90 Å². The highest BCUT2D eigenvalue weighted by atomic mass is 32.2. The maximum absolute atomic E-state index is 12.3. The van der Waals surface area contributed by atoms with Gasteiger partial charge in [-0.3, -0.25) is 10.1 Å². The van der Waals surface area contributed by atoms with Crippen LogP contribution >= 0.6 is 0 Å². The van der Waals surface area contributed by atoms with Crippen LogP contribution in [0.4, 0.5) is 11.4 Å². The highest BCUT2D eigenvalue weighted by molar-refractivity contribution is 7.89. The molecule has 1 aliphatic heterocycles. The third-order valence-electron chi connectivity index (χ3n) is 2.79. The Hall–Kier alpha value is -1.71. The van der Waals surface area contributed by atoms with Crippen molar-refractivity contribution in [2.24, 2.45) is 0 Å². The van der Waals surface area contributed by atoms with Crippen LogP contribution < -0.4 is 5.73 Å². The number of nitrogen functional groups attached to an aromatic ring is 1. The highest BCUT2D eigenvalue weighted by Crippen LogP contribution is 2.26. The third-order valence-corrected chi connectivity index (χ3v) is 4.76. The van der Waals surface area contributed by atoms with Crippen molar-refractivity contribution >= 4 is 21.4 Å². The van der Waals surface area contributed by atoms with Gasteiger partial charge >= 0.3 is 0 Å². The number of hydrogen-bond donors (Lipinski definition) is 1. The van der Waals surface area contributed by atoms with E-state index in [1.165, 1.54) is 4.31 Å². The lowest BCUT2D eigenvalue weighted by Crippen LogP contribution is -2.40. The molecule has 0 aromatic heterocycles. The van der Waals surface area contributed by atoms with Gasteiger partial charge in [-0.1, -0.05) is 0 Å². The normalized spacial score (nSPS) is 17.3. The van der Waals surface area contributed by atoms with Crippen molar-refractivity contribution in [3.63, 3.8) is 0 Å². The predicted molar refractivity (Wildman–Crippen MR) is 67.1 cm³/mol. The summed E-state index contributed by atoms with van der Waals surface area (Å²) >= 11 is 0. The van der Waals surface area contributed by atoms with E-state index in [1.54, 1.807) is 0 Å². The molecule has 0 spiro atoms. The van der Waals surface area contributed by atoms with E-state index in [4.69, 9.17) is 10.5 Å². The zero-order valence-corrected chi connectivity index (χ0v) is 10.8. The average Bonchev–Trinajstić information content (AvgIpc) is 2.39. The van der Waals surface area contributed by atoms with Gasteiger partial charge in [0.1, 0.15) is 4.90 Å². The van der Waals surface area contributed by atoms with Gasteiger partial charge in [0.2, 0.25) is 10.0 Å². The molecule has 1 aromatic carbocycles. The third kappa shape index (κ3) is 2.67. The number of nitro groups is 1. The number of nitro benzene ring substituents is 1. The van der Waals surface area contributed by atoms with E-state index in [-0.39, 0.29) is 29.4 Å². The Morgan fingerprint density at radius 3 is 2.47 bits per heavy atom. The summed E-state index contributed by atoms with van der Waals surface area (Å²) in [6.07, 6.45) is 0. The van der Waals surface area contributed by atoms with Crippen molar-refractivity contribution < 1.29 is 18.1 Å². The van der Waals surface area contributed by atoms with Crippen LogP contribution in [-0.4, -0.2) is 43.9 Å². The molecule has 1 fully saturated rings. The molecule has 1 heterocycles. The summed E-state index contributed by atoms with van der Waals surface area (Å²) in [5, 5.41) is 10.6. The molecule has 0 radical (unpaired) electrons. The molecule has 0 aliphatic carbocycles. The summed E-state index contributed by atoms with van der Waals surface area (Å²) in [5.41, 5.74) is 5.25. The molecule has 0 unspecified atom stereocenters. The lowest BCUT2D eigenvalue weighted by atomic mass is 10.3. The fraction of sp³-hybridized carbons (Fsp3) is 0.400. The summed E-state index contributed by atoms with van der Waals surface area (Å²) in [5.74, 6) is 0. The van der Waals surface area contributed by atoms with Crippen molar-refractivity contribution in [3.8, 4) is 0 Å². The number of morpholine rings is 1. The van der Waals surface area contributed by atoms with Gasteiger partial charge in [0.05, 0.1) is 23.8 Å². The fourth-order valence-corrected chi connectivity index (χ4v) is 3.32. The Bertz CT molecular complexity index is 595. The molecule has 0 amide bonds.